The van der Waals surface area contributed by atoms with Crippen molar-refractivity contribution in [2.24, 2.45) is 5.92 Å². The van der Waals surface area contributed by atoms with Crippen LogP contribution in [0.25, 0.3) is 11.4 Å². The van der Waals surface area contributed by atoms with Crippen LogP contribution in [-0.2, 0) is 11.2 Å². The fourth-order valence-corrected chi connectivity index (χ4v) is 7.98. The van der Waals surface area contributed by atoms with Crippen LogP contribution in [-0.4, -0.2) is 116 Å². The molecule has 0 bridgehead atoms. The van der Waals surface area contributed by atoms with Crippen LogP contribution >= 0.6 is 31.9 Å². The number of carboxylic acid groups (broad SMARTS) is 1. The summed E-state index contributed by atoms with van der Waals surface area (Å²) in [7, 11) is 2.16. The topological polar surface area (TPSA) is 118 Å². The summed E-state index contributed by atoms with van der Waals surface area (Å²) in [6.45, 7) is 5.73. The highest BCUT2D eigenvalue weighted by Gasteiger charge is 2.43. The van der Waals surface area contributed by atoms with Gasteiger partial charge in [-0.3, -0.25) is 14.7 Å². The lowest BCUT2D eigenvalue weighted by molar-refractivity contribution is -0.140. The van der Waals surface area contributed by atoms with Gasteiger partial charge in [-0.25, -0.2) is 14.3 Å². The van der Waals surface area contributed by atoms with Gasteiger partial charge in [0.1, 0.15) is 0 Å². The standard InChI is InChI=1S/C33H41Br2N7O4/c1-38-15-17-39(18-16-38)24-9-12-40(13-10-24)31(43)26(19-22-7-8-27(34)28(35)20-22)29-21-25(11-14-41(29)33(45)46)42-32(44)36-30(37-42)23-5-3-2-4-6-23/h2-8,20,24-26,29H,9-19,21H2,1H3,(H,45,46)(H,36,37,44)/t25?,26?,29-/m1/s1. The number of likely N-dealkylation sites (N-methyl/N-ethyl adjacent to an activating group) is 1. The van der Waals surface area contributed by atoms with Gasteiger partial charge in [0.25, 0.3) is 0 Å². The molecule has 0 saturated carbocycles. The molecule has 0 aliphatic carbocycles. The molecule has 1 aromatic heterocycles. The van der Waals surface area contributed by atoms with E-state index < -0.39 is 18.1 Å². The third-order valence-corrected chi connectivity index (χ3v) is 11.8. The van der Waals surface area contributed by atoms with Gasteiger partial charge in [0, 0.05) is 72.4 Å². The molecular formula is C33H41Br2N7O4. The van der Waals surface area contributed by atoms with Gasteiger partial charge in [-0.2, -0.15) is 0 Å². The lowest BCUT2D eigenvalue weighted by Crippen LogP contribution is -2.57. The Kier molecular flexibility index (Phi) is 10.3. The zero-order valence-corrected chi connectivity index (χ0v) is 29.2. The van der Waals surface area contributed by atoms with Crippen molar-refractivity contribution in [2.45, 2.75) is 50.2 Å². The van der Waals surface area contributed by atoms with Crippen LogP contribution in [0.3, 0.4) is 0 Å². The number of aromatic nitrogens is 3. The minimum atomic E-state index is -1.05. The first-order valence-electron chi connectivity index (χ1n) is 16.1. The van der Waals surface area contributed by atoms with Crippen LogP contribution in [0.1, 0.15) is 37.3 Å². The Morgan fingerprint density at radius 2 is 1.63 bits per heavy atom. The minimum absolute atomic E-state index is 0.0212. The molecule has 13 heteroatoms. The van der Waals surface area contributed by atoms with Crippen molar-refractivity contribution in [2.75, 3.05) is 52.9 Å². The molecule has 246 valence electrons. The van der Waals surface area contributed by atoms with Crippen molar-refractivity contribution in [3.63, 3.8) is 0 Å². The summed E-state index contributed by atoms with van der Waals surface area (Å²) < 4.78 is 3.23. The minimum Gasteiger partial charge on any atom is -0.465 e. The van der Waals surface area contributed by atoms with E-state index in [2.05, 4.69) is 58.8 Å². The maximum absolute atomic E-state index is 14.5. The van der Waals surface area contributed by atoms with E-state index in [0.29, 0.717) is 44.2 Å². The number of aromatic amines is 1. The van der Waals surface area contributed by atoms with Crippen LogP contribution < -0.4 is 5.69 Å². The molecule has 0 radical (unpaired) electrons. The molecule has 4 heterocycles. The number of piperidine rings is 2. The predicted octanol–water partition coefficient (Wildman–Crippen LogP) is 4.54. The number of carbonyl (C=O) groups excluding carboxylic acids is 1. The van der Waals surface area contributed by atoms with E-state index >= 15 is 0 Å². The summed E-state index contributed by atoms with van der Waals surface area (Å²) >= 11 is 7.13. The van der Waals surface area contributed by atoms with Gasteiger partial charge in [0.15, 0.2) is 5.82 Å². The Bertz CT molecular complexity index is 1580. The fraction of sp³-hybridized carbons (Fsp3) is 0.515. The average Bonchev–Trinajstić information content (AvgIpc) is 3.47. The van der Waals surface area contributed by atoms with Crippen LogP contribution in [0.15, 0.2) is 62.3 Å². The van der Waals surface area contributed by atoms with E-state index in [-0.39, 0.29) is 24.2 Å². The molecule has 2 aromatic carbocycles. The molecular weight excluding hydrogens is 718 g/mol. The molecule has 3 atom stereocenters. The van der Waals surface area contributed by atoms with E-state index in [0.717, 1.165) is 59.1 Å². The monoisotopic (exact) mass is 757 g/mol. The molecule has 2 unspecified atom stereocenters. The van der Waals surface area contributed by atoms with Gasteiger partial charge in [-0.15, -0.1) is 5.10 Å². The molecule has 46 heavy (non-hydrogen) atoms. The quantitative estimate of drug-likeness (QED) is 0.364. The van der Waals surface area contributed by atoms with Crippen LogP contribution in [0.4, 0.5) is 4.79 Å². The number of nitrogens with zero attached hydrogens (tertiary/aromatic N) is 6. The van der Waals surface area contributed by atoms with Gasteiger partial charge in [0.05, 0.1) is 12.0 Å². The van der Waals surface area contributed by atoms with E-state index in [1.54, 1.807) is 0 Å². The zero-order valence-electron chi connectivity index (χ0n) is 26.0. The van der Waals surface area contributed by atoms with Crippen molar-refractivity contribution in [3.05, 3.63) is 73.5 Å². The zero-order chi connectivity index (χ0) is 32.4. The number of benzene rings is 2. The highest BCUT2D eigenvalue weighted by Crippen LogP contribution is 2.35. The molecule has 3 saturated heterocycles. The van der Waals surface area contributed by atoms with Crippen LogP contribution in [0.2, 0.25) is 0 Å². The maximum Gasteiger partial charge on any atom is 0.407 e. The van der Waals surface area contributed by atoms with Crippen LogP contribution in [0, 0.1) is 5.92 Å². The van der Waals surface area contributed by atoms with E-state index in [4.69, 9.17) is 0 Å². The molecule has 11 nitrogen and oxygen atoms in total. The smallest absolute Gasteiger partial charge is 0.407 e. The first-order valence-corrected chi connectivity index (χ1v) is 17.7. The van der Waals surface area contributed by atoms with E-state index in [9.17, 15) is 19.5 Å². The van der Waals surface area contributed by atoms with Crippen LogP contribution in [0.5, 0.6) is 0 Å². The number of carbonyl (C=O) groups is 2. The van der Waals surface area contributed by atoms with E-state index in [1.807, 2.05) is 53.4 Å². The Balaban J connectivity index is 1.26. The number of hydrogen-bond donors (Lipinski definition) is 2. The first kappa shape index (κ1) is 32.9. The lowest BCUT2D eigenvalue weighted by atomic mass is 9.82. The van der Waals surface area contributed by atoms with Crippen molar-refractivity contribution in [1.82, 2.24) is 34.4 Å². The maximum atomic E-state index is 14.5. The second-order valence-corrected chi connectivity index (χ2v) is 14.5. The summed E-state index contributed by atoms with van der Waals surface area (Å²) in [5, 5.41) is 15.0. The Labute approximate surface area is 285 Å². The molecule has 2 N–H and O–H groups in total. The number of rotatable bonds is 7. The summed E-state index contributed by atoms with van der Waals surface area (Å²) in [6, 6.07) is 14.8. The number of nitrogens with one attached hydrogen (secondary N) is 1. The molecule has 0 spiro atoms. The van der Waals surface area contributed by atoms with Crippen molar-refractivity contribution in [1.29, 1.82) is 0 Å². The Morgan fingerprint density at radius 1 is 0.935 bits per heavy atom. The Hall–Kier alpha value is -3.00. The van der Waals surface area contributed by atoms with Gasteiger partial charge in [-0.05, 0) is 88.7 Å². The molecule has 3 aromatic rings. The summed E-state index contributed by atoms with van der Waals surface area (Å²) in [5.41, 5.74) is 1.40. The molecule has 6 rings (SSSR count). The normalized spacial score (nSPS) is 22.6. The third kappa shape index (κ3) is 7.27. The average molecular weight is 760 g/mol. The Morgan fingerprint density at radius 3 is 2.30 bits per heavy atom. The van der Waals surface area contributed by atoms with E-state index in [1.165, 1.54) is 9.58 Å². The van der Waals surface area contributed by atoms with Gasteiger partial charge >= 0.3 is 11.8 Å². The highest BCUT2D eigenvalue weighted by atomic mass is 79.9. The number of hydrogen-bond acceptors (Lipinski definition) is 6. The molecule has 2 amide bonds. The first-order chi connectivity index (χ1) is 22.2. The lowest BCUT2D eigenvalue weighted by Gasteiger charge is -2.45. The second-order valence-electron chi connectivity index (χ2n) is 12.8. The van der Waals surface area contributed by atoms with Crippen molar-refractivity contribution in [3.8, 4) is 11.4 Å². The van der Waals surface area contributed by atoms with Gasteiger partial charge in [0.2, 0.25) is 5.91 Å². The molecule has 3 aliphatic rings. The van der Waals surface area contributed by atoms with Gasteiger partial charge < -0.3 is 19.8 Å². The fourth-order valence-electron chi connectivity index (χ4n) is 7.31. The second kappa shape index (κ2) is 14.4. The number of likely N-dealkylation sites (tertiary alicyclic amines) is 2. The number of H-pyrrole nitrogens is 1. The SMILES string of the molecule is CN1CCN(C2CCN(C(=O)C(Cc3ccc(Br)c(Br)c3)[C@H]3CC(n4nc(-c5ccccc5)[nH]c4=O)CCN3C(=O)O)CC2)CC1. The number of amides is 2. The van der Waals surface area contributed by atoms with Gasteiger partial charge in [-0.1, -0.05) is 36.4 Å². The van der Waals surface area contributed by atoms with Crippen molar-refractivity contribution < 1.29 is 14.7 Å². The number of piperazine rings is 1. The summed E-state index contributed by atoms with van der Waals surface area (Å²) in [6.07, 6.45) is 1.90. The largest absolute Gasteiger partial charge is 0.465 e. The third-order valence-electron chi connectivity index (χ3n) is 9.95. The van der Waals surface area contributed by atoms with Crippen molar-refractivity contribution >= 4 is 43.9 Å². The predicted molar refractivity (Wildman–Crippen MR) is 183 cm³/mol. The molecule has 3 fully saturated rings. The molecule has 3 aliphatic heterocycles. The summed E-state index contributed by atoms with van der Waals surface area (Å²) in [5.74, 6) is -0.166. The number of halogens is 2. The highest BCUT2D eigenvalue weighted by molar-refractivity contribution is 9.13. The summed E-state index contributed by atoms with van der Waals surface area (Å²) in [4.78, 5) is 51.5.